The molecule has 4 heterocycles. The van der Waals surface area contributed by atoms with Gasteiger partial charge in [0.05, 0.1) is 19.9 Å². The number of hydrogen-bond donors (Lipinski definition) is 2. The lowest BCUT2D eigenvalue weighted by atomic mass is 9.85. The number of nitrogens with one attached hydrogen (secondary N) is 1. The van der Waals surface area contributed by atoms with Gasteiger partial charge >= 0.3 is 0 Å². The number of phenolic OH excluding ortho intramolecular Hbond substituents is 1. The van der Waals surface area contributed by atoms with Crippen LogP contribution >= 0.6 is 0 Å². The summed E-state index contributed by atoms with van der Waals surface area (Å²) in [4.78, 5) is 12.6. The Hall–Kier alpha value is -4.15. The highest BCUT2D eigenvalue weighted by atomic mass is 16.5. The number of methoxy groups -OCH3 is 2. The fourth-order valence-electron chi connectivity index (χ4n) is 3.94. The number of fused-ring (bicyclic) bond motifs is 2. The molecule has 0 saturated carbocycles. The SMILES string of the molecule is COc1cc([C@@H]2CC(=O)Nc3c2c(C)nn3-c2ccc3nncn3n2)cc(OC)c1O. The Morgan fingerprint density at radius 2 is 1.90 bits per heavy atom. The molecule has 1 amide bonds. The Bertz CT molecular complexity index is 1300. The lowest BCUT2D eigenvalue weighted by Gasteiger charge is -2.25. The predicted octanol–water partition coefficient (Wildman–Crippen LogP) is 1.82. The summed E-state index contributed by atoms with van der Waals surface area (Å²) in [5.41, 5.74) is 2.98. The standard InChI is InChI=1S/C20H19N7O4/c1-10-18-12(11-6-13(30-2)19(29)14(7-11)31-3)8-17(28)22-20(18)27(24-10)16-5-4-15-23-21-9-26(15)25-16/h4-7,9,12,29H,8H2,1-3H3,(H,22,28)/t12-/m0/s1. The Kier molecular flexibility index (Phi) is 4.24. The van der Waals surface area contributed by atoms with E-state index in [0.29, 0.717) is 17.3 Å². The zero-order valence-electron chi connectivity index (χ0n) is 17.0. The van der Waals surface area contributed by atoms with Gasteiger partial charge in [0.1, 0.15) is 12.1 Å². The summed E-state index contributed by atoms with van der Waals surface area (Å²) in [6.45, 7) is 1.88. The zero-order chi connectivity index (χ0) is 21.7. The summed E-state index contributed by atoms with van der Waals surface area (Å²) in [6.07, 6.45) is 1.71. The van der Waals surface area contributed by atoms with E-state index in [1.165, 1.54) is 25.1 Å². The van der Waals surface area contributed by atoms with Crippen molar-refractivity contribution < 1.29 is 19.4 Å². The van der Waals surface area contributed by atoms with Crippen molar-refractivity contribution in [2.45, 2.75) is 19.3 Å². The third-order valence-corrected chi connectivity index (χ3v) is 5.37. The quantitative estimate of drug-likeness (QED) is 0.511. The van der Waals surface area contributed by atoms with Crippen molar-refractivity contribution in [2.24, 2.45) is 0 Å². The van der Waals surface area contributed by atoms with Crippen molar-refractivity contribution in [2.75, 3.05) is 19.5 Å². The highest BCUT2D eigenvalue weighted by Gasteiger charge is 2.34. The normalized spacial score (nSPS) is 15.6. The molecule has 3 aromatic heterocycles. The van der Waals surface area contributed by atoms with Crippen LogP contribution in [0.4, 0.5) is 5.82 Å². The average Bonchev–Trinajstić information content (AvgIpc) is 3.37. The van der Waals surface area contributed by atoms with Crippen LogP contribution in [0.5, 0.6) is 17.2 Å². The third kappa shape index (κ3) is 2.93. The number of aromatic nitrogens is 6. The lowest BCUT2D eigenvalue weighted by molar-refractivity contribution is -0.116. The van der Waals surface area contributed by atoms with Gasteiger partial charge in [0.15, 0.2) is 23.0 Å². The van der Waals surface area contributed by atoms with E-state index in [2.05, 4.69) is 25.7 Å². The molecule has 0 unspecified atom stereocenters. The number of aromatic hydroxyl groups is 1. The number of hydrogen-bond acceptors (Lipinski definition) is 8. The minimum atomic E-state index is -0.306. The van der Waals surface area contributed by atoms with Crippen LogP contribution < -0.4 is 14.8 Å². The molecule has 0 aliphatic carbocycles. The Morgan fingerprint density at radius 1 is 1.16 bits per heavy atom. The molecule has 1 aromatic carbocycles. The van der Waals surface area contributed by atoms with E-state index in [-0.39, 0.29) is 35.5 Å². The Balaban J connectivity index is 1.67. The molecule has 1 aliphatic heterocycles. The molecule has 11 nitrogen and oxygen atoms in total. The molecule has 0 fully saturated rings. The first-order chi connectivity index (χ1) is 15.0. The molecule has 5 rings (SSSR count). The van der Waals surface area contributed by atoms with Gasteiger partial charge < -0.3 is 19.9 Å². The molecule has 31 heavy (non-hydrogen) atoms. The number of amides is 1. The van der Waals surface area contributed by atoms with Crippen molar-refractivity contribution in [1.29, 1.82) is 0 Å². The lowest BCUT2D eigenvalue weighted by Crippen LogP contribution is -2.25. The zero-order valence-corrected chi connectivity index (χ0v) is 17.0. The van der Waals surface area contributed by atoms with E-state index in [0.717, 1.165) is 16.8 Å². The first-order valence-corrected chi connectivity index (χ1v) is 9.52. The number of phenols is 1. The van der Waals surface area contributed by atoms with Gasteiger partial charge in [-0.15, -0.1) is 15.3 Å². The van der Waals surface area contributed by atoms with Crippen molar-refractivity contribution in [3.8, 4) is 23.1 Å². The van der Waals surface area contributed by atoms with Gasteiger partial charge in [0.25, 0.3) is 0 Å². The largest absolute Gasteiger partial charge is 0.502 e. The topological polar surface area (TPSA) is 129 Å². The summed E-state index contributed by atoms with van der Waals surface area (Å²) < 4.78 is 13.7. The molecule has 0 bridgehead atoms. The smallest absolute Gasteiger partial charge is 0.226 e. The van der Waals surface area contributed by atoms with Crippen LogP contribution in [0.25, 0.3) is 11.5 Å². The highest BCUT2D eigenvalue weighted by Crippen LogP contribution is 2.45. The van der Waals surface area contributed by atoms with Crippen LogP contribution in [0.2, 0.25) is 0 Å². The summed E-state index contributed by atoms with van der Waals surface area (Å²) in [6, 6.07) is 6.96. The first-order valence-electron chi connectivity index (χ1n) is 9.52. The van der Waals surface area contributed by atoms with Gasteiger partial charge in [0, 0.05) is 17.9 Å². The second kappa shape index (κ2) is 6.97. The summed E-state index contributed by atoms with van der Waals surface area (Å²) in [7, 11) is 2.93. The number of carbonyl (C=O) groups excluding carboxylic acids is 1. The van der Waals surface area contributed by atoms with Crippen LogP contribution in [-0.2, 0) is 4.79 Å². The molecule has 0 saturated heterocycles. The minimum Gasteiger partial charge on any atom is -0.502 e. The molecule has 2 N–H and O–H groups in total. The van der Waals surface area contributed by atoms with Crippen LogP contribution in [0.3, 0.4) is 0 Å². The summed E-state index contributed by atoms with van der Waals surface area (Å²) >= 11 is 0. The van der Waals surface area contributed by atoms with Gasteiger partial charge in [-0.2, -0.15) is 14.3 Å². The number of benzene rings is 1. The van der Waals surface area contributed by atoms with Gasteiger partial charge in [-0.1, -0.05) is 0 Å². The van der Waals surface area contributed by atoms with Crippen molar-refractivity contribution in [1.82, 2.24) is 29.6 Å². The van der Waals surface area contributed by atoms with E-state index in [9.17, 15) is 9.90 Å². The molecule has 0 spiro atoms. The van der Waals surface area contributed by atoms with E-state index in [1.807, 2.05) is 6.92 Å². The van der Waals surface area contributed by atoms with Crippen molar-refractivity contribution in [3.05, 3.63) is 47.4 Å². The minimum absolute atomic E-state index is 0.0897. The van der Waals surface area contributed by atoms with Crippen molar-refractivity contribution >= 4 is 17.4 Å². The number of aryl methyl sites for hydroxylation is 1. The number of ether oxygens (including phenoxy) is 2. The molecular weight excluding hydrogens is 402 g/mol. The second-order valence-corrected chi connectivity index (χ2v) is 7.16. The van der Waals surface area contributed by atoms with Crippen LogP contribution in [0.15, 0.2) is 30.6 Å². The van der Waals surface area contributed by atoms with Crippen molar-refractivity contribution in [3.63, 3.8) is 0 Å². The Labute approximate surface area is 176 Å². The first kappa shape index (κ1) is 18.9. The molecular formula is C20H19N7O4. The van der Waals surface area contributed by atoms with E-state index in [1.54, 1.807) is 28.9 Å². The van der Waals surface area contributed by atoms with Crippen LogP contribution in [0, 0.1) is 6.92 Å². The molecule has 1 aliphatic rings. The second-order valence-electron chi connectivity index (χ2n) is 7.16. The summed E-state index contributed by atoms with van der Waals surface area (Å²) in [5, 5.41) is 30.1. The number of nitrogens with zero attached hydrogens (tertiary/aromatic N) is 6. The fourth-order valence-corrected chi connectivity index (χ4v) is 3.94. The average molecular weight is 421 g/mol. The van der Waals surface area contributed by atoms with E-state index < -0.39 is 0 Å². The number of anilines is 1. The van der Waals surface area contributed by atoms with Gasteiger partial charge in [-0.3, -0.25) is 4.79 Å². The highest BCUT2D eigenvalue weighted by molar-refractivity contribution is 5.95. The van der Waals surface area contributed by atoms with Gasteiger partial charge in [-0.05, 0) is 36.8 Å². The predicted molar refractivity (Wildman–Crippen MR) is 109 cm³/mol. The molecule has 4 aromatic rings. The molecule has 158 valence electrons. The molecule has 0 radical (unpaired) electrons. The van der Waals surface area contributed by atoms with Gasteiger partial charge in [0.2, 0.25) is 11.7 Å². The third-order valence-electron chi connectivity index (χ3n) is 5.37. The maximum absolute atomic E-state index is 12.6. The molecule has 1 atom stereocenters. The Morgan fingerprint density at radius 3 is 2.61 bits per heavy atom. The number of rotatable bonds is 4. The monoisotopic (exact) mass is 421 g/mol. The van der Waals surface area contributed by atoms with E-state index >= 15 is 0 Å². The van der Waals surface area contributed by atoms with E-state index in [4.69, 9.17) is 9.47 Å². The van der Waals surface area contributed by atoms with Gasteiger partial charge in [-0.25, -0.2) is 0 Å². The van der Waals surface area contributed by atoms with Crippen LogP contribution in [-0.4, -0.2) is 54.8 Å². The maximum Gasteiger partial charge on any atom is 0.226 e. The maximum atomic E-state index is 12.6. The molecule has 11 heteroatoms. The van der Waals surface area contributed by atoms with Crippen LogP contribution in [0.1, 0.15) is 29.2 Å². The number of carbonyl (C=O) groups is 1. The fraction of sp³-hybridized carbons (Fsp3) is 0.250. The summed E-state index contributed by atoms with van der Waals surface area (Å²) in [5.74, 6) is 1.05.